The monoisotopic (exact) mass is 317 g/mol. The van der Waals surface area contributed by atoms with Crippen LogP contribution in [-0.2, 0) is 6.54 Å². The SMILES string of the molecule is CCN1CCN(CCNC(=NC)NCc2ccc(C)cc2)CC1. The van der Waals surface area contributed by atoms with E-state index < -0.39 is 0 Å². The molecule has 1 heterocycles. The summed E-state index contributed by atoms with van der Waals surface area (Å²) in [4.78, 5) is 9.32. The summed E-state index contributed by atoms with van der Waals surface area (Å²) in [5, 5.41) is 6.78. The zero-order valence-corrected chi connectivity index (χ0v) is 14.8. The van der Waals surface area contributed by atoms with Crippen LogP contribution in [0.25, 0.3) is 0 Å². The topological polar surface area (TPSA) is 42.9 Å². The van der Waals surface area contributed by atoms with Gasteiger partial charge in [-0.15, -0.1) is 0 Å². The number of aliphatic imine (C=N–C) groups is 1. The van der Waals surface area contributed by atoms with Gasteiger partial charge in [-0.05, 0) is 19.0 Å². The number of nitrogens with zero attached hydrogens (tertiary/aromatic N) is 3. The normalized spacial score (nSPS) is 17.3. The summed E-state index contributed by atoms with van der Waals surface area (Å²) in [6.07, 6.45) is 0. The first kappa shape index (κ1) is 17.8. The lowest BCUT2D eigenvalue weighted by Crippen LogP contribution is -2.49. The lowest BCUT2D eigenvalue weighted by Gasteiger charge is -2.34. The summed E-state index contributed by atoms with van der Waals surface area (Å²) in [5.74, 6) is 0.873. The van der Waals surface area contributed by atoms with Gasteiger partial charge in [-0.3, -0.25) is 9.89 Å². The third-order valence-electron chi connectivity index (χ3n) is 4.44. The Morgan fingerprint density at radius 1 is 1.04 bits per heavy atom. The lowest BCUT2D eigenvalue weighted by atomic mass is 10.1. The minimum absolute atomic E-state index is 0.801. The van der Waals surface area contributed by atoms with Crippen molar-refractivity contribution >= 4 is 5.96 Å². The van der Waals surface area contributed by atoms with Crippen molar-refractivity contribution in [3.8, 4) is 0 Å². The van der Waals surface area contributed by atoms with Gasteiger partial charge in [0.1, 0.15) is 0 Å². The summed E-state index contributed by atoms with van der Waals surface area (Å²) >= 11 is 0. The molecule has 0 aliphatic carbocycles. The van der Waals surface area contributed by atoms with Gasteiger partial charge >= 0.3 is 0 Å². The number of nitrogens with one attached hydrogen (secondary N) is 2. The second kappa shape index (κ2) is 9.53. The summed E-state index contributed by atoms with van der Waals surface area (Å²) in [7, 11) is 1.82. The summed E-state index contributed by atoms with van der Waals surface area (Å²) < 4.78 is 0. The largest absolute Gasteiger partial charge is 0.355 e. The molecule has 1 aliphatic heterocycles. The van der Waals surface area contributed by atoms with Crippen molar-refractivity contribution < 1.29 is 0 Å². The molecule has 1 aliphatic rings. The average Bonchev–Trinajstić information content (AvgIpc) is 2.60. The molecule has 1 saturated heterocycles. The molecule has 0 aromatic heterocycles. The average molecular weight is 317 g/mol. The quantitative estimate of drug-likeness (QED) is 0.613. The zero-order valence-electron chi connectivity index (χ0n) is 14.8. The Morgan fingerprint density at radius 2 is 1.70 bits per heavy atom. The first-order valence-electron chi connectivity index (χ1n) is 8.66. The van der Waals surface area contributed by atoms with Gasteiger partial charge in [-0.25, -0.2) is 0 Å². The molecule has 0 unspecified atom stereocenters. The molecule has 1 fully saturated rings. The number of benzene rings is 1. The van der Waals surface area contributed by atoms with E-state index in [4.69, 9.17) is 0 Å². The van der Waals surface area contributed by atoms with E-state index in [0.717, 1.165) is 25.6 Å². The van der Waals surface area contributed by atoms with E-state index in [1.807, 2.05) is 7.05 Å². The molecule has 1 aromatic rings. The number of guanidine groups is 1. The Kier molecular flexibility index (Phi) is 7.36. The van der Waals surface area contributed by atoms with Crippen molar-refractivity contribution in [3.05, 3.63) is 35.4 Å². The van der Waals surface area contributed by atoms with Crippen LogP contribution in [0.2, 0.25) is 0 Å². The third kappa shape index (κ3) is 6.20. The van der Waals surface area contributed by atoms with Crippen LogP contribution in [-0.4, -0.2) is 68.6 Å². The Bertz CT molecular complexity index is 475. The molecule has 128 valence electrons. The van der Waals surface area contributed by atoms with E-state index in [-0.39, 0.29) is 0 Å². The Hall–Kier alpha value is -1.59. The third-order valence-corrected chi connectivity index (χ3v) is 4.44. The van der Waals surface area contributed by atoms with E-state index in [1.54, 1.807) is 0 Å². The standard InChI is InChI=1S/C18H31N5/c1-4-22-11-13-23(14-12-22)10-9-20-18(19-3)21-15-17-7-5-16(2)6-8-17/h5-8H,4,9-15H2,1-3H3,(H2,19,20,21). The highest BCUT2D eigenvalue weighted by Crippen LogP contribution is 2.02. The van der Waals surface area contributed by atoms with E-state index in [1.165, 1.54) is 43.9 Å². The van der Waals surface area contributed by atoms with Gasteiger partial charge in [-0.2, -0.15) is 0 Å². The van der Waals surface area contributed by atoms with Gasteiger partial charge in [0.15, 0.2) is 5.96 Å². The lowest BCUT2D eigenvalue weighted by molar-refractivity contribution is 0.139. The van der Waals surface area contributed by atoms with Gasteiger partial charge < -0.3 is 15.5 Å². The van der Waals surface area contributed by atoms with Crippen molar-refractivity contribution in [3.63, 3.8) is 0 Å². The van der Waals surface area contributed by atoms with Gasteiger partial charge in [0.2, 0.25) is 0 Å². The highest BCUT2D eigenvalue weighted by Gasteiger charge is 2.14. The zero-order chi connectivity index (χ0) is 16.5. The van der Waals surface area contributed by atoms with Crippen LogP contribution in [0.1, 0.15) is 18.1 Å². The molecule has 1 aromatic carbocycles. The molecule has 0 atom stereocenters. The maximum Gasteiger partial charge on any atom is 0.191 e. The molecule has 0 radical (unpaired) electrons. The molecule has 23 heavy (non-hydrogen) atoms. The summed E-state index contributed by atoms with van der Waals surface area (Å²) in [5.41, 5.74) is 2.56. The summed E-state index contributed by atoms with van der Waals surface area (Å²) in [6.45, 7) is 13.0. The maximum atomic E-state index is 4.30. The van der Waals surface area contributed by atoms with Crippen molar-refractivity contribution in [2.24, 2.45) is 4.99 Å². The van der Waals surface area contributed by atoms with Crippen LogP contribution in [0.4, 0.5) is 0 Å². The Morgan fingerprint density at radius 3 is 2.30 bits per heavy atom. The molecular weight excluding hydrogens is 286 g/mol. The minimum atomic E-state index is 0.801. The van der Waals surface area contributed by atoms with Gasteiger partial charge in [-0.1, -0.05) is 36.8 Å². The second-order valence-corrected chi connectivity index (χ2v) is 6.11. The number of hydrogen-bond donors (Lipinski definition) is 2. The molecule has 5 heteroatoms. The first-order valence-corrected chi connectivity index (χ1v) is 8.66. The van der Waals surface area contributed by atoms with E-state index in [0.29, 0.717) is 0 Å². The number of likely N-dealkylation sites (N-methyl/N-ethyl adjacent to an activating group) is 1. The smallest absolute Gasteiger partial charge is 0.191 e. The Balaban J connectivity index is 1.64. The molecule has 0 amide bonds. The molecule has 2 rings (SSSR count). The highest BCUT2D eigenvalue weighted by atomic mass is 15.3. The predicted molar refractivity (Wildman–Crippen MR) is 97.9 cm³/mol. The van der Waals surface area contributed by atoms with Crippen molar-refractivity contribution in [2.75, 3.05) is 52.9 Å². The van der Waals surface area contributed by atoms with Crippen LogP contribution < -0.4 is 10.6 Å². The molecule has 2 N–H and O–H groups in total. The molecular formula is C18H31N5. The predicted octanol–water partition coefficient (Wildman–Crippen LogP) is 1.30. The molecule has 5 nitrogen and oxygen atoms in total. The first-order chi connectivity index (χ1) is 11.2. The number of rotatable bonds is 6. The molecule has 0 bridgehead atoms. The van der Waals surface area contributed by atoms with Crippen LogP contribution in [0.15, 0.2) is 29.3 Å². The number of hydrogen-bond acceptors (Lipinski definition) is 3. The van der Waals surface area contributed by atoms with Crippen molar-refractivity contribution in [1.82, 2.24) is 20.4 Å². The number of aryl methyl sites for hydroxylation is 1. The van der Waals surface area contributed by atoms with Crippen molar-refractivity contribution in [2.45, 2.75) is 20.4 Å². The fourth-order valence-electron chi connectivity index (χ4n) is 2.77. The van der Waals surface area contributed by atoms with E-state index in [9.17, 15) is 0 Å². The fraction of sp³-hybridized carbons (Fsp3) is 0.611. The van der Waals surface area contributed by atoms with Crippen LogP contribution >= 0.6 is 0 Å². The fourth-order valence-corrected chi connectivity index (χ4v) is 2.77. The van der Waals surface area contributed by atoms with Gasteiger partial charge in [0.05, 0.1) is 0 Å². The summed E-state index contributed by atoms with van der Waals surface area (Å²) in [6, 6.07) is 8.60. The van der Waals surface area contributed by atoms with E-state index >= 15 is 0 Å². The molecule has 0 spiro atoms. The number of piperazine rings is 1. The highest BCUT2D eigenvalue weighted by molar-refractivity contribution is 5.79. The minimum Gasteiger partial charge on any atom is -0.355 e. The van der Waals surface area contributed by atoms with E-state index in [2.05, 4.69) is 63.5 Å². The van der Waals surface area contributed by atoms with Crippen LogP contribution in [0.3, 0.4) is 0 Å². The van der Waals surface area contributed by atoms with Gasteiger partial charge in [0, 0.05) is 52.9 Å². The van der Waals surface area contributed by atoms with Gasteiger partial charge in [0.25, 0.3) is 0 Å². The second-order valence-electron chi connectivity index (χ2n) is 6.11. The molecule has 0 saturated carbocycles. The maximum absolute atomic E-state index is 4.30. The van der Waals surface area contributed by atoms with Crippen molar-refractivity contribution in [1.29, 1.82) is 0 Å². The van der Waals surface area contributed by atoms with Crippen LogP contribution in [0.5, 0.6) is 0 Å². The Labute approximate surface area is 140 Å². The van der Waals surface area contributed by atoms with Crippen LogP contribution in [0, 0.1) is 6.92 Å².